The molecule has 1 aromatic heterocycles. The predicted molar refractivity (Wildman–Crippen MR) is 154 cm³/mol. The Kier molecular flexibility index (Phi) is 9.28. The number of benzene rings is 3. The van der Waals surface area contributed by atoms with Crippen molar-refractivity contribution in [2.24, 2.45) is 0 Å². The van der Waals surface area contributed by atoms with E-state index >= 15 is 0 Å². The van der Waals surface area contributed by atoms with Crippen LogP contribution in [-0.4, -0.2) is 53.7 Å². The summed E-state index contributed by atoms with van der Waals surface area (Å²) in [6.45, 7) is 4.00. The standard InChI is InChI=1S/C29H31N5O5S/c1-18-10-11-19(2)21(14-18)31-27(35)17-40-29-33-32-26(34(29)22-8-6-7-9-23(22)37-3)16-30-28(36)20-12-13-24(38-4)25(15-20)39-5/h6-15H,16-17H2,1-5H3,(H,30,36)(H,31,35). The summed E-state index contributed by atoms with van der Waals surface area (Å²) in [4.78, 5) is 25.8. The Balaban J connectivity index is 1.55. The zero-order chi connectivity index (χ0) is 28.6. The maximum atomic E-state index is 13.0. The number of nitrogens with one attached hydrogen (secondary N) is 2. The highest BCUT2D eigenvalue weighted by Crippen LogP contribution is 2.30. The number of aryl methyl sites for hydroxylation is 2. The molecule has 208 valence electrons. The highest BCUT2D eigenvalue weighted by molar-refractivity contribution is 7.99. The summed E-state index contributed by atoms with van der Waals surface area (Å²) >= 11 is 1.24. The molecule has 11 heteroatoms. The molecule has 0 aliphatic carbocycles. The van der Waals surface area contributed by atoms with Gasteiger partial charge in [0.05, 0.1) is 39.3 Å². The van der Waals surface area contributed by atoms with Crippen molar-refractivity contribution in [3.05, 3.63) is 83.2 Å². The van der Waals surface area contributed by atoms with Gasteiger partial charge in [-0.3, -0.25) is 14.2 Å². The monoisotopic (exact) mass is 561 g/mol. The Labute approximate surface area is 237 Å². The van der Waals surface area contributed by atoms with Gasteiger partial charge in [-0.15, -0.1) is 10.2 Å². The normalized spacial score (nSPS) is 10.6. The van der Waals surface area contributed by atoms with Gasteiger partial charge in [-0.2, -0.15) is 0 Å². The third kappa shape index (κ3) is 6.55. The van der Waals surface area contributed by atoms with Gasteiger partial charge < -0.3 is 24.8 Å². The number of hydrogen-bond acceptors (Lipinski definition) is 8. The molecule has 0 saturated heterocycles. The average molecular weight is 562 g/mol. The van der Waals surface area contributed by atoms with Crippen molar-refractivity contribution in [2.45, 2.75) is 25.5 Å². The van der Waals surface area contributed by atoms with Crippen LogP contribution in [0.3, 0.4) is 0 Å². The average Bonchev–Trinajstić information content (AvgIpc) is 3.38. The number of thioether (sulfide) groups is 1. The van der Waals surface area contributed by atoms with Gasteiger partial charge >= 0.3 is 0 Å². The Bertz CT molecular complexity index is 1520. The first kappa shape index (κ1) is 28.5. The molecule has 0 aliphatic rings. The summed E-state index contributed by atoms with van der Waals surface area (Å²) in [5.41, 5.74) is 3.90. The van der Waals surface area contributed by atoms with Crippen LogP contribution in [0.5, 0.6) is 17.2 Å². The maximum absolute atomic E-state index is 13.0. The minimum atomic E-state index is -0.322. The number of rotatable bonds is 11. The fourth-order valence-electron chi connectivity index (χ4n) is 3.99. The van der Waals surface area contributed by atoms with Crippen LogP contribution in [0.1, 0.15) is 27.3 Å². The highest BCUT2D eigenvalue weighted by atomic mass is 32.2. The second-order valence-electron chi connectivity index (χ2n) is 8.81. The van der Waals surface area contributed by atoms with E-state index in [1.165, 1.54) is 26.0 Å². The molecule has 0 atom stereocenters. The first-order valence-electron chi connectivity index (χ1n) is 12.4. The number of carbonyl (C=O) groups excluding carboxylic acids is 2. The SMILES string of the molecule is COc1ccc(C(=O)NCc2nnc(SCC(=O)Nc3cc(C)ccc3C)n2-c2ccccc2OC)cc1OC. The van der Waals surface area contributed by atoms with Gasteiger partial charge in [-0.1, -0.05) is 36.0 Å². The quantitative estimate of drug-likeness (QED) is 0.256. The van der Waals surface area contributed by atoms with E-state index < -0.39 is 0 Å². The molecule has 0 fully saturated rings. The molecule has 0 bridgehead atoms. The summed E-state index contributed by atoms with van der Waals surface area (Å²) < 4.78 is 17.9. The second-order valence-corrected chi connectivity index (χ2v) is 9.76. The molecule has 0 saturated carbocycles. The number of ether oxygens (including phenoxy) is 3. The lowest BCUT2D eigenvalue weighted by Gasteiger charge is -2.14. The van der Waals surface area contributed by atoms with Crippen molar-refractivity contribution in [1.82, 2.24) is 20.1 Å². The number of para-hydroxylation sites is 2. The van der Waals surface area contributed by atoms with E-state index in [0.717, 1.165) is 16.8 Å². The van der Waals surface area contributed by atoms with Crippen LogP contribution in [-0.2, 0) is 11.3 Å². The highest BCUT2D eigenvalue weighted by Gasteiger charge is 2.20. The lowest BCUT2D eigenvalue weighted by molar-refractivity contribution is -0.113. The molecule has 3 aromatic carbocycles. The van der Waals surface area contributed by atoms with E-state index in [0.29, 0.717) is 39.5 Å². The van der Waals surface area contributed by atoms with E-state index in [4.69, 9.17) is 14.2 Å². The van der Waals surface area contributed by atoms with Crippen molar-refractivity contribution in [1.29, 1.82) is 0 Å². The van der Waals surface area contributed by atoms with Crippen molar-refractivity contribution in [3.63, 3.8) is 0 Å². The van der Waals surface area contributed by atoms with Crippen LogP contribution < -0.4 is 24.8 Å². The molecule has 0 spiro atoms. The smallest absolute Gasteiger partial charge is 0.251 e. The van der Waals surface area contributed by atoms with Crippen LogP contribution in [0.25, 0.3) is 5.69 Å². The summed E-state index contributed by atoms with van der Waals surface area (Å²) in [6.07, 6.45) is 0. The fourth-order valence-corrected chi connectivity index (χ4v) is 4.75. The summed E-state index contributed by atoms with van der Waals surface area (Å²) in [6, 6.07) is 18.2. The van der Waals surface area contributed by atoms with Gasteiger partial charge in [0.25, 0.3) is 5.91 Å². The molecule has 0 radical (unpaired) electrons. The van der Waals surface area contributed by atoms with Crippen LogP contribution >= 0.6 is 11.8 Å². The van der Waals surface area contributed by atoms with E-state index in [1.807, 2.05) is 56.3 Å². The minimum absolute atomic E-state index is 0.0769. The first-order valence-corrected chi connectivity index (χ1v) is 13.4. The molecular formula is C29H31N5O5S. The number of carbonyl (C=O) groups is 2. The number of anilines is 1. The predicted octanol–water partition coefficient (Wildman–Crippen LogP) is 4.57. The Morgan fingerprint density at radius 2 is 1.62 bits per heavy atom. The van der Waals surface area contributed by atoms with Gasteiger partial charge in [-0.05, 0) is 61.4 Å². The number of methoxy groups -OCH3 is 3. The van der Waals surface area contributed by atoms with Crippen molar-refractivity contribution < 1.29 is 23.8 Å². The van der Waals surface area contributed by atoms with Crippen LogP contribution in [0, 0.1) is 13.8 Å². The minimum Gasteiger partial charge on any atom is -0.495 e. The van der Waals surface area contributed by atoms with Gasteiger partial charge in [0.1, 0.15) is 5.75 Å². The van der Waals surface area contributed by atoms with E-state index in [1.54, 1.807) is 29.9 Å². The van der Waals surface area contributed by atoms with Gasteiger partial charge in [0.2, 0.25) is 5.91 Å². The van der Waals surface area contributed by atoms with E-state index in [9.17, 15) is 9.59 Å². The fraction of sp³-hybridized carbons (Fsp3) is 0.241. The lowest BCUT2D eigenvalue weighted by Crippen LogP contribution is -2.25. The number of nitrogens with zero attached hydrogens (tertiary/aromatic N) is 3. The third-order valence-corrected chi connectivity index (χ3v) is 7.01. The summed E-state index contributed by atoms with van der Waals surface area (Å²) in [5.74, 6) is 1.66. The van der Waals surface area contributed by atoms with Crippen molar-refractivity contribution >= 4 is 29.3 Å². The molecule has 0 unspecified atom stereocenters. The number of hydrogen-bond donors (Lipinski definition) is 2. The van der Waals surface area contributed by atoms with E-state index in [-0.39, 0.29) is 24.1 Å². The van der Waals surface area contributed by atoms with Crippen molar-refractivity contribution in [3.8, 4) is 22.9 Å². The molecule has 0 aliphatic heterocycles. The van der Waals surface area contributed by atoms with Gasteiger partial charge in [-0.25, -0.2) is 0 Å². The maximum Gasteiger partial charge on any atom is 0.251 e. The topological polar surface area (TPSA) is 117 Å². The molecule has 10 nitrogen and oxygen atoms in total. The van der Waals surface area contributed by atoms with Crippen LogP contribution in [0.4, 0.5) is 5.69 Å². The number of aromatic nitrogens is 3. The molecule has 1 heterocycles. The summed E-state index contributed by atoms with van der Waals surface area (Å²) in [5, 5.41) is 15.0. The van der Waals surface area contributed by atoms with E-state index in [2.05, 4.69) is 20.8 Å². The van der Waals surface area contributed by atoms with Gasteiger partial charge in [0, 0.05) is 11.3 Å². The number of amides is 2. The lowest BCUT2D eigenvalue weighted by atomic mass is 10.1. The summed E-state index contributed by atoms with van der Waals surface area (Å²) in [7, 11) is 4.62. The molecule has 2 N–H and O–H groups in total. The molecule has 4 rings (SSSR count). The molecule has 40 heavy (non-hydrogen) atoms. The second kappa shape index (κ2) is 13.0. The Morgan fingerprint density at radius 1 is 0.875 bits per heavy atom. The van der Waals surface area contributed by atoms with Crippen molar-refractivity contribution in [2.75, 3.05) is 32.4 Å². The Morgan fingerprint density at radius 3 is 2.38 bits per heavy atom. The van der Waals surface area contributed by atoms with Crippen LogP contribution in [0.2, 0.25) is 0 Å². The first-order chi connectivity index (χ1) is 19.3. The zero-order valence-corrected chi connectivity index (χ0v) is 23.8. The third-order valence-electron chi connectivity index (χ3n) is 6.08. The van der Waals surface area contributed by atoms with Gasteiger partial charge in [0.15, 0.2) is 22.5 Å². The molecular weight excluding hydrogens is 530 g/mol. The largest absolute Gasteiger partial charge is 0.495 e. The van der Waals surface area contributed by atoms with Crippen LogP contribution in [0.15, 0.2) is 65.8 Å². The Hall–Kier alpha value is -4.51. The molecule has 2 amide bonds. The zero-order valence-electron chi connectivity index (χ0n) is 23.0. The molecule has 4 aromatic rings.